The molecule has 1 aromatic heterocycles. The molecule has 0 spiro atoms. The summed E-state index contributed by atoms with van der Waals surface area (Å²) >= 11 is 0. The van der Waals surface area contributed by atoms with E-state index in [1.807, 2.05) is 4.72 Å². The van der Waals surface area contributed by atoms with Gasteiger partial charge in [0.05, 0.1) is 4.90 Å². The number of hydrogen-bond acceptors (Lipinski definition) is 3. The summed E-state index contributed by atoms with van der Waals surface area (Å²) in [6.45, 7) is 1.47. The molecule has 0 aliphatic heterocycles. The zero-order valence-electron chi connectivity index (χ0n) is 10.2. The molecule has 1 heterocycles. The van der Waals surface area contributed by atoms with Crippen molar-refractivity contribution in [1.29, 1.82) is 0 Å². The van der Waals surface area contributed by atoms with Crippen molar-refractivity contribution in [3.63, 3.8) is 0 Å². The summed E-state index contributed by atoms with van der Waals surface area (Å²) in [5.41, 5.74) is -0.232. The Balaban J connectivity index is 2.43. The third-order valence-corrected chi connectivity index (χ3v) is 4.01. The Morgan fingerprint density at radius 1 is 1.10 bits per heavy atom. The molecule has 2 rings (SSSR count). The zero-order valence-corrected chi connectivity index (χ0v) is 11.0. The topological polar surface area (TPSA) is 59.1 Å². The molecule has 0 fully saturated rings. The van der Waals surface area contributed by atoms with Gasteiger partial charge in [0.15, 0.2) is 0 Å². The van der Waals surface area contributed by atoms with Crippen LogP contribution in [0.25, 0.3) is 0 Å². The normalized spacial score (nSPS) is 11.4. The molecule has 4 nitrogen and oxygen atoms in total. The van der Waals surface area contributed by atoms with Gasteiger partial charge in [-0.25, -0.2) is 12.8 Å². The van der Waals surface area contributed by atoms with E-state index in [0.29, 0.717) is 0 Å². The lowest BCUT2D eigenvalue weighted by Gasteiger charge is -2.10. The number of anilines is 1. The van der Waals surface area contributed by atoms with Gasteiger partial charge in [-0.15, -0.1) is 0 Å². The number of nitrogens with zero attached hydrogens (tertiary/aromatic N) is 1. The second-order valence-corrected chi connectivity index (χ2v) is 5.64. The van der Waals surface area contributed by atoms with Crippen molar-refractivity contribution in [3.05, 3.63) is 53.6 Å². The standard InChI is InChI=1S/C12H9F3N2O2S/c1-7-2-3-8(13)6-10(7)20(18,19)17-9-4-5-11(14)16-12(9)15/h2-6,17H,1H3. The molecular formula is C12H9F3N2O2S. The first-order valence-corrected chi connectivity index (χ1v) is 6.89. The van der Waals surface area contributed by atoms with Crippen LogP contribution in [-0.4, -0.2) is 13.4 Å². The minimum atomic E-state index is -4.19. The maximum absolute atomic E-state index is 13.3. The Morgan fingerprint density at radius 3 is 2.45 bits per heavy atom. The Kier molecular flexibility index (Phi) is 3.67. The van der Waals surface area contributed by atoms with Crippen LogP contribution in [0.5, 0.6) is 0 Å². The molecule has 0 unspecified atom stereocenters. The van der Waals surface area contributed by atoms with E-state index in [0.717, 1.165) is 24.3 Å². The van der Waals surface area contributed by atoms with Crippen LogP contribution >= 0.6 is 0 Å². The maximum atomic E-state index is 13.3. The molecule has 1 N–H and O–H groups in total. The van der Waals surface area contributed by atoms with Gasteiger partial charge in [0.2, 0.25) is 11.9 Å². The van der Waals surface area contributed by atoms with Crippen LogP contribution in [0.1, 0.15) is 5.56 Å². The zero-order chi connectivity index (χ0) is 14.9. The summed E-state index contributed by atoms with van der Waals surface area (Å²) in [6.07, 6.45) is 0. The van der Waals surface area contributed by atoms with Crippen molar-refractivity contribution < 1.29 is 21.6 Å². The highest BCUT2D eigenvalue weighted by atomic mass is 32.2. The van der Waals surface area contributed by atoms with Crippen LogP contribution in [0.3, 0.4) is 0 Å². The number of aryl methyl sites for hydroxylation is 1. The van der Waals surface area contributed by atoms with Crippen LogP contribution in [0.15, 0.2) is 35.2 Å². The smallest absolute Gasteiger partial charge is 0.262 e. The first-order chi connectivity index (χ1) is 9.29. The Morgan fingerprint density at radius 2 is 1.80 bits per heavy atom. The molecular weight excluding hydrogens is 293 g/mol. The second kappa shape index (κ2) is 5.12. The van der Waals surface area contributed by atoms with Crippen LogP contribution in [-0.2, 0) is 10.0 Å². The van der Waals surface area contributed by atoms with E-state index < -0.39 is 33.4 Å². The number of sulfonamides is 1. The van der Waals surface area contributed by atoms with Gasteiger partial charge in [0, 0.05) is 0 Å². The van der Waals surface area contributed by atoms with Crippen molar-refractivity contribution in [2.45, 2.75) is 11.8 Å². The van der Waals surface area contributed by atoms with Crippen LogP contribution in [0, 0.1) is 24.6 Å². The SMILES string of the molecule is Cc1ccc(F)cc1S(=O)(=O)Nc1ccc(F)nc1F. The van der Waals surface area contributed by atoms with E-state index in [2.05, 4.69) is 4.98 Å². The van der Waals surface area contributed by atoms with Crippen molar-refractivity contribution in [2.75, 3.05) is 4.72 Å². The van der Waals surface area contributed by atoms with E-state index in [4.69, 9.17) is 0 Å². The summed E-state index contributed by atoms with van der Waals surface area (Å²) in [4.78, 5) is 2.52. The van der Waals surface area contributed by atoms with Crippen molar-refractivity contribution in [3.8, 4) is 0 Å². The van der Waals surface area contributed by atoms with E-state index in [1.54, 1.807) is 0 Å². The van der Waals surface area contributed by atoms with E-state index in [1.165, 1.54) is 13.0 Å². The highest BCUT2D eigenvalue weighted by Gasteiger charge is 2.20. The quantitative estimate of drug-likeness (QED) is 0.887. The highest BCUT2D eigenvalue weighted by molar-refractivity contribution is 7.92. The number of halogens is 3. The minimum absolute atomic E-state index is 0.286. The Labute approximate surface area is 113 Å². The van der Waals surface area contributed by atoms with Gasteiger partial charge in [-0.05, 0) is 36.8 Å². The number of rotatable bonds is 3. The lowest BCUT2D eigenvalue weighted by atomic mass is 10.2. The van der Waals surface area contributed by atoms with E-state index in [9.17, 15) is 21.6 Å². The first kappa shape index (κ1) is 14.3. The molecule has 1 aromatic carbocycles. The van der Waals surface area contributed by atoms with E-state index >= 15 is 0 Å². The maximum Gasteiger partial charge on any atom is 0.262 e. The number of aromatic nitrogens is 1. The van der Waals surface area contributed by atoms with Gasteiger partial charge in [-0.2, -0.15) is 13.8 Å². The lowest BCUT2D eigenvalue weighted by Crippen LogP contribution is -2.16. The summed E-state index contributed by atoms with van der Waals surface area (Å²) in [6, 6.07) is 4.90. The summed E-state index contributed by atoms with van der Waals surface area (Å²) in [5.74, 6) is -3.12. The first-order valence-electron chi connectivity index (χ1n) is 5.40. The molecule has 20 heavy (non-hydrogen) atoms. The molecule has 0 radical (unpaired) electrons. The molecule has 0 amide bonds. The largest absolute Gasteiger partial charge is 0.275 e. The second-order valence-electron chi connectivity index (χ2n) is 3.99. The van der Waals surface area contributed by atoms with Gasteiger partial charge in [-0.3, -0.25) is 4.72 Å². The Hall–Kier alpha value is -2.09. The predicted octanol–water partition coefficient (Wildman–Crippen LogP) is 2.61. The molecule has 0 saturated carbocycles. The summed E-state index contributed by atoms with van der Waals surface area (Å²) in [5, 5.41) is 0. The van der Waals surface area contributed by atoms with Crippen LogP contribution in [0.4, 0.5) is 18.9 Å². The average molecular weight is 302 g/mol. The number of pyridine rings is 1. The van der Waals surface area contributed by atoms with Crippen molar-refractivity contribution in [2.24, 2.45) is 0 Å². The van der Waals surface area contributed by atoms with Gasteiger partial charge in [0.25, 0.3) is 10.0 Å². The average Bonchev–Trinajstić information content (AvgIpc) is 2.35. The van der Waals surface area contributed by atoms with Gasteiger partial charge in [-0.1, -0.05) is 6.07 Å². The number of nitrogens with one attached hydrogen (secondary N) is 1. The summed E-state index contributed by atoms with van der Waals surface area (Å²) < 4.78 is 65.1. The fourth-order valence-corrected chi connectivity index (χ4v) is 2.86. The van der Waals surface area contributed by atoms with E-state index in [-0.39, 0.29) is 10.5 Å². The van der Waals surface area contributed by atoms with Gasteiger partial charge >= 0.3 is 0 Å². The molecule has 0 aliphatic carbocycles. The molecule has 106 valence electrons. The third kappa shape index (κ3) is 2.90. The fraction of sp³-hybridized carbons (Fsp3) is 0.0833. The van der Waals surface area contributed by atoms with Gasteiger partial charge in [0.1, 0.15) is 11.5 Å². The molecule has 8 heteroatoms. The van der Waals surface area contributed by atoms with Crippen LogP contribution in [0.2, 0.25) is 0 Å². The molecule has 0 bridgehead atoms. The highest BCUT2D eigenvalue weighted by Crippen LogP contribution is 2.21. The minimum Gasteiger partial charge on any atom is -0.275 e. The van der Waals surface area contributed by atoms with Crippen molar-refractivity contribution in [1.82, 2.24) is 4.98 Å². The molecule has 0 saturated heterocycles. The van der Waals surface area contributed by atoms with Gasteiger partial charge < -0.3 is 0 Å². The molecule has 0 atom stereocenters. The lowest BCUT2D eigenvalue weighted by molar-refractivity contribution is 0.515. The number of benzene rings is 1. The molecule has 2 aromatic rings. The third-order valence-electron chi connectivity index (χ3n) is 2.50. The fourth-order valence-electron chi connectivity index (χ4n) is 1.55. The summed E-state index contributed by atoms with van der Waals surface area (Å²) in [7, 11) is -4.19. The Bertz CT molecular complexity index is 763. The predicted molar refractivity (Wildman–Crippen MR) is 66.1 cm³/mol. The molecule has 0 aliphatic rings. The monoisotopic (exact) mass is 302 g/mol. The van der Waals surface area contributed by atoms with Crippen LogP contribution < -0.4 is 4.72 Å². The van der Waals surface area contributed by atoms with Crippen molar-refractivity contribution >= 4 is 15.7 Å². The number of hydrogen-bond donors (Lipinski definition) is 1.